The number of rotatable bonds is 4. The summed E-state index contributed by atoms with van der Waals surface area (Å²) in [6.45, 7) is 4.14. The van der Waals surface area contributed by atoms with Crippen LogP contribution in [0.25, 0.3) is 0 Å². The van der Waals surface area contributed by atoms with Crippen molar-refractivity contribution in [3.05, 3.63) is 65.0 Å². The van der Waals surface area contributed by atoms with Crippen LogP contribution < -0.4 is 0 Å². The van der Waals surface area contributed by atoms with Gasteiger partial charge in [0.1, 0.15) is 0 Å². The molecule has 2 rings (SSSR count). The van der Waals surface area contributed by atoms with E-state index in [0.717, 1.165) is 11.3 Å². The lowest BCUT2D eigenvalue weighted by molar-refractivity contribution is 0.681. The Morgan fingerprint density at radius 1 is 1.06 bits per heavy atom. The van der Waals surface area contributed by atoms with Crippen molar-refractivity contribution in [2.75, 3.05) is 0 Å². The highest BCUT2D eigenvalue weighted by atomic mass is 32.2. The molecular formula is C15H17NOS. The number of hydrogen-bond donors (Lipinski definition) is 0. The van der Waals surface area contributed by atoms with E-state index in [2.05, 4.69) is 37.0 Å². The van der Waals surface area contributed by atoms with Crippen LogP contribution in [0.2, 0.25) is 0 Å². The van der Waals surface area contributed by atoms with Crippen LogP contribution in [-0.4, -0.2) is 9.19 Å². The van der Waals surface area contributed by atoms with Crippen LogP contribution in [0.3, 0.4) is 0 Å². The fourth-order valence-electron chi connectivity index (χ4n) is 2.04. The molecule has 3 heteroatoms. The summed E-state index contributed by atoms with van der Waals surface area (Å²) in [6.07, 6.45) is 1.74. The minimum absolute atomic E-state index is 0.522. The van der Waals surface area contributed by atoms with E-state index < -0.39 is 10.8 Å². The van der Waals surface area contributed by atoms with Crippen LogP contribution in [0.1, 0.15) is 22.4 Å². The number of nitrogens with zero attached hydrogens (tertiary/aromatic N) is 1. The monoisotopic (exact) mass is 259 g/mol. The molecule has 94 valence electrons. The number of hydrogen-bond acceptors (Lipinski definition) is 2. The van der Waals surface area contributed by atoms with Gasteiger partial charge in [-0.15, -0.1) is 0 Å². The summed E-state index contributed by atoms with van der Waals surface area (Å²) in [4.78, 5) is 4.20. The molecule has 0 aliphatic carbocycles. The molecule has 0 unspecified atom stereocenters. The third-order valence-corrected chi connectivity index (χ3v) is 3.92. The Balaban J connectivity index is 2.03. The van der Waals surface area contributed by atoms with E-state index in [0.29, 0.717) is 11.5 Å². The maximum absolute atomic E-state index is 12.1. The van der Waals surface area contributed by atoms with Crippen molar-refractivity contribution in [1.82, 2.24) is 4.98 Å². The zero-order valence-corrected chi connectivity index (χ0v) is 11.5. The summed E-state index contributed by atoms with van der Waals surface area (Å²) in [5, 5.41) is 0. The van der Waals surface area contributed by atoms with Gasteiger partial charge in [0, 0.05) is 22.7 Å². The summed E-state index contributed by atoms with van der Waals surface area (Å²) in [5.41, 5.74) is 4.47. The predicted octanol–water partition coefficient (Wildman–Crippen LogP) is 3.15. The summed E-state index contributed by atoms with van der Waals surface area (Å²) in [6, 6.07) is 12.0. The lowest BCUT2D eigenvalue weighted by Crippen LogP contribution is -2.01. The first-order chi connectivity index (χ1) is 8.63. The molecule has 0 spiro atoms. The molecule has 1 atom stereocenters. The van der Waals surface area contributed by atoms with Crippen LogP contribution in [-0.2, 0) is 22.3 Å². The third-order valence-electron chi connectivity index (χ3n) is 2.64. The Morgan fingerprint density at radius 2 is 1.78 bits per heavy atom. The van der Waals surface area contributed by atoms with Crippen molar-refractivity contribution in [1.29, 1.82) is 0 Å². The Kier molecular flexibility index (Phi) is 4.26. The number of aromatic nitrogens is 1. The maximum atomic E-state index is 12.1. The van der Waals surface area contributed by atoms with Gasteiger partial charge in [-0.05, 0) is 31.5 Å². The van der Waals surface area contributed by atoms with Gasteiger partial charge in [-0.1, -0.05) is 35.4 Å². The topological polar surface area (TPSA) is 30.0 Å². The van der Waals surface area contributed by atoms with Crippen molar-refractivity contribution in [2.45, 2.75) is 25.4 Å². The zero-order valence-electron chi connectivity index (χ0n) is 10.7. The number of benzene rings is 1. The highest BCUT2D eigenvalue weighted by Crippen LogP contribution is 2.12. The Morgan fingerprint density at radius 3 is 2.39 bits per heavy atom. The van der Waals surface area contributed by atoms with Crippen LogP contribution in [0.15, 0.2) is 42.6 Å². The smallest absolute Gasteiger partial charge is 0.0662 e. The van der Waals surface area contributed by atoms with E-state index in [1.165, 1.54) is 11.1 Å². The summed E-state index contributed by atoms with van der Waals surface area (Å²) in [5.74, 6) is 1.12. The van der Waals surface area contributed by atoms with Gasteiger partial charge in [0.05, 0.1) is 11.4 Å². The molecule has 1 aromatic carbocycles. The maximum Gasteiger partial charge on any atom is 0.0662 e. The summed E-state index contributed by atoms with van der Waals surface area (Å²) >= 11 is 0. The zero-order chi connectivity index (χ0) is 13.0. The minimum atomic E-state index is -0.901. The van der Waals surface area contributed by atoms with Gasteiger partial charge in [0.25, 0.3) is 0 Å². The second-order valence-corrected chi connectivity index (χ2v) is 6.00. The molecule has 0 amide bonds. The predicted molar refractivity (Wildman–Crippen MR) is 75.7 cm³/mol. The number of aryl methyl sites for hydroxylation is 2. The van der Waals surface area contributed by atoms with E-state index in [9.17, 15) is 4.21 Å². The quantitative estimate of drug-likeness (QED) is 0.844. The minimum Gasteiger partial charge on any atom is -0.260 e. The van der Waals surface area contributed by atoms with Crippen LogP contribution in [0, 0.1) is 13.8 Å². The summed E-state index contributed by atoms with van der Waals surface area (Å²) < 4.78 is 12.1. The molecule has 2 aromatic rings. The molecule has 0 aliphatic rings. The molecule has 1 aromatic heterocycles. The van der Waals surface area contributed by atoms with Crippen LogP contribution >= 0.6 is 0 Å². The van der Waals surface area contributed by atoms with Crippen molar-refractivity contribution < 1.29 is 4.21 Å². The average Bonchev–Trinajstić information content (AvgIpc) is 2.28. The molecule has 0 fully saturated rings. The van der Waals surface area contributed by atoms with E-state index >= 15 is 0 Å². The van der Waals surface area contributed by atoms with Gasteiger partial charge < -0.3 is 0 Å². The molecular weight excluding hydrogens is 242 g/mol. The largest absolute Gasteiger partial charge is 0.260 e. The van der Waals surface area contributed by atoms with E-state index in [4.69, 9.17) is 0 Å². The van der Waals surface area contributed by atoms with Gasteiger partial charge >= 0.3 is 0 Å². The molecule has 0 radical (unpaired) electrons. The molecule has 0 bridgehead atoms. The molecule has 18 heavy (non-hydrogen) atoms. The highest BCUT2D eigenvalue weighted by Gasteiger charge is 2.05. The fraction of sp³-hybridized carbons (Fsp3) is 0.267. The van der Waals surface area contributed by atoms with Gasteiger partial charge in [-0.25, -0.2) is 0 Å². The molecule has 0 N–H and O–H groups in total. The number of pyridine rings is 1. The average molecular weight is 259 g/mol. The first-order valence-electron chi connectivity index (χ1n) is 5.95. The Hall–Kier alpha value is -1.48. The van der Waals surface area contributed by atoms with Gasteiger partial charge in [0.15, 0.2) is 0 Å². The molecule has 1 heterocycles. The van der Waals surface area contributed by atoms with Gasteiger partial charge in [0.2, 0.25) is 0 Å². The SMILES string of the molecule is Cc1cc(C)cc(C[S@](=O)Cc2ccccn2)c1. The summed E-state index contributed by atoms with van der Waals surface area (Å²) in [7, 11) is -0.901. The van der Waals surface area contributed by atoms with E-state index in [1.807, 2.05) is 18.2 Å². The van der Waals surface area contributed by atoms with Crippen LogP contribution in [0.4, 0.5) is 0 Å². The molecule has 2 nitrogen and oxygen atoms in total. The molecule has 0 aliphatic heterocycles. The van der Waals surface area contributed by atoms with Crippen LogP contribution in [0.5, 0.6) is 0 Å². The Bertz CT molecular complexity index is 531. The van der Waals surface area contributed by atoms with Crippen molar-refractivity contribution in [2.24, 2.45) is 0 Å². The standard InChI is InChI=1S/C15H17NOS/c1-12-7-13(2)9-14(8-12)10-18(17)11-15-5-3-4-6-16-15/h3-9H,10-11H2,1-2H3/t18-/m0/s1. The lowest BCUT2D eigenvalue weighted by Gasteiger charge is -2.05. The lowest BCUT2D eigenvalue weighted by atomic mass is 10.1. The first-order valence-corrected chi connectivity index (χ1v) is 7.44. The van der Waals surface area contributed by atoms with Gasteiger partial charge in [-0.3, -0.25) is 9.19 Å². The second-order valence-electron chi connectivity index (χ2n) is 4.55. The van der Waals surface area contributed by atoms with Gasteiger partial charge in [-0.2, -0.15) is 0 Å². The second kappa shape index (κ2) is 5.91. The van der Waals surface area contributed by atoms with Crippen molar-refractivity contribution >= 4 is 10.8 Å². The van der Waals surface area contributed by atoms with Crippen molar-refractivity contribution in [3.63, 3.8) is 0 Å². The van der Waals surface area contributed by atoms with Crippen molar-refractivity contribution in [3.8, 4) is 0 Å². The van der Waals surface area contributed by atoms with E-state index in [1.54, 1.807) is 6.20 Å². The fourth-order valence-corrected chi connectivity index (χ4v) is 3.18. The highest BCUT2D eigenvalue weighted by molar-refractivity contribution is 7.83. The molecule has 0 saturated heterocycles. The van der Waals surface area contributed by atoms with E-state index in [-0.39, 0.29) is 0 Å². The Labute approximate surface area is 111 Å². The first kappa shape index (κ1) is 13.0. The molecule has 0 saturated carbocycles. The normalized spacial score (nSPS) is 12.3. The third kappa shape index (κ3) is 3.77.